The number of alkyl halides is 8. The van der Waals surface area contributed by atoms with Crippen LogP contribution >= 0.6 is 0 Å². The van der Waals surface area contributed by atoms with Gasteiger partial charge >= 0.3 is 43.9 Å². The third-order valence-electron chi connectivity index (χ3n) is 10.5. The smallest absolute Gasteiger partial charge is 0.374 e. The molecule has 4 saturated carbocycles. The summed E-state index contributed by atoms with van der Waals surface area (Å²) in [6.45, 7) is 8.92. The predicted octanol–water partition coefficient (Wildman–Crippen LogP) is 2.07. The highest BCUT2D eigenvalue weighted by atomic mass is 19.3. The van der Waals surface area contributed by atoms with Gasteiger partial charge < -0.3 is 45.3 Å². The lowest BCUT2D eigenvalue weighted by Gasteiger charge is -2.16. The van der Waals surface area contributed by atoms with E-state index in [2.05, 4.69) is 19.9 Å². The van der Waals surface area contributed by atoms with Gasteiger partial charge in [0, 0.05) is 5.92 Å². The van der Waals surface area contributed by atoms with Gasteiger partial charge in [0.15, 0.2) is 0 Å². The maximum Gasteiger partial charge on any atom is 0.374 e. The van der Waals surface area contributed by atoms with Gasteiger partial charge in [-0.1, -0.05) is 20.8 Å². The van der Waals surface area contributed by atoms with Gasteiger partial charge in [-0.05, 0) is 33.9 Å². The molecule has 26 heteroatoms. The molecule has 4 rings (SSSR count). The Morgan fingerprint density at radius 3 is 1.24 bits per heavy atom. The number of hydrogen-bond donors (Lipinski definition) is 7. The van der Waals surface area contributed by atoms with Crippen molar-refractivity contribution in [1.29, 1.82) is 0 Å². The minimum Gasteiger partial charge on any atom is -0.481 e. The van der Waals surface area contributed by atoms with Gasteiger partial charge in [0.1, 0.15) is 29.4 Å². The van der Waals surface area contributed by atoms with Crippen LogP contribution in [0.5, 0.6) is 0 Å². The number of hydrogen-bond acceptors (Lipinski definition) is 13. The molecule has 0 bridgehead atoms. The quantitative estimate of drug-likeness (QED) is 0.0665. The van der Waals surface area contributed by atoms with Gasteiger partial charge in [-0.25, -0.2) is 35.1 Å². The lowest BCUT2D eigenvalue weighted by atomic mass is 9.85. The van der Waals surface area contributed by atoms with E-state index < -0.39 is 150 Å². The lowest BCUT2D eigenvalue weighted by molar-refractivity contribution is -0.147. The summed E-state index contributed by atoms with van der Waals surface area (Å²) in [6, 6.07) is -2.33. The van der Waals surface area contributed by atoms with Gasteiger partial charge in [0.25, 0.3) is 23.7 Å². The zero-order valence-corrected chi connectivity index (χ0v) is 33.2. The minimum absolute atomic E-state index is 0.298. The first kappa shape index (κ1) is 53.1. The van der Waals surface area contributed by atoms with Crippen molar-refractivity contribution in [2.45, 2.75) is 90.5 Å². The number of esters is 2. The molecule has 4 aliphatic carbocycles. The standard InChI is InChI=1S/C9H16BF2NO3.C9H14BF2NO3.C8H10F2O4.C7H8F2O4/c1-4-5-6(9(5,11)12)7(8(14)16-3)13-10(2)15;1-4(14)6-7(9(6,11)12)8(5(2)15)13-10(3)16;1-3(7(13)14-2)4-5(6(11)12)8(4,9)10;1-2(5(10)11)3-4(6(12)13)7(3,8)9/h5-7,13,15H,4H2,1-3H3;6-8,13,16H,1-3H3;3-5H,1-2H3,(H,11,12);2-4H,1H3,(H,10,11)(H,12,13)/t;;3-,4?,5?;2-,3+,4-/m..00/s1. The molecule has 0 saturated heterocycles. The molecule has 4 fully saturated rings. The first-order chi connectivity index (χ1) is 26.7. The molecule has 0 aromatic rings. The molecule has 0 radical (unpaired) electrons. The maximum absolute atomic E-state index is 13.3. The summed E-state index contributed by atoms with van der Waals surface area (Å²) in [4.78, 5) is 75.3. The van der Waals surface area contributed by atoms with Crippen molar-refractivity contribution < 1.29 is 104 Å². The Hall–Kier alpha value is -3.90. The van der Waals surface area contributed by atoms with Crippen LogP contribution < -0.4 is 10.5 Å². The fourth-order valence-corrected chi connectivity index (χ4v) is 7.19. The summed E-state index contributed by atoms with van der Waals surface area (Å²) in [7, 11) is 0.117. The Labute approximate surface area is 333 Å². The normalized spacial score (nSPS) is 29.7. The first-order valence-electron chi connectivity index (χ1n) is 17.9. The molecular weight excluding hydrogens is 822 g/mol. The first-order valence-corrected chi connectivity index (χ1v) is 17.9. The molecule has 336 valence electrons. The number of rotatable bonds is 16. The van der Waals surface area contributed by atoms with Crippen molar-refractivity contribution in [2.75, 3.05) is 14.2 Å². The molecule has 0 amide bonds. The molecule has 0 heterocycles. The number of carboxylic acids is 3. The number of methoxy groups -OCH3 is 2. The van der Waals surface area contributed by atoms with Gasteiger partial charge in [0.2, 0.25) is 0 Å². The molecule has 7 N–H and O–H groups in total. The Morgan fingerprint density at radius 2 is 0.983 bits per heavy atom. The Kier molecular flexibility index (Phi) is 17.7. The van der Waals surface area contributed by atoms with E-state index in [0.29, 0.717) is 6.42 Å². The van der Waals surface area contributed by atoms with Crippen molar-refractivity contribution in [2.24, 2.45) is 59.2 Å². The average molecular weight is 870 g/mol. The highest BCUT2D eigenvalue weighted by Crippen LogP contribution is 2.61. The third kappa shape index (κ3) is 12.1. The number of halogens is 8. The minimum atomic E-state index is -3.37. The lowest BCUT2D eigenvalue weighted by Crippen LogP contribution is -2.48. The van der Waals surface area contributed by atoms with Crippen molar-refractivity contribution >= 4 is 55.5 Å². The topological polar surface area (TPSA) is 263 Å². The maximum atomic E-state index is 13.3. The highest BCUT2D eigenvalue weighted by molar-refractivity contribution is 6.46. The summed E-state index contributed by atoms with van der Waals surface area (Å²) in [6.07, 6.45) is 0.298. The number of nitrogens with one attached hydrogen (secondary N) is 2. The monoisotopic (exact) mass is 870 g/mol. The van der Waals surface area contributed by atoms with Crippen LogP contribution in [0.25, 0.3) is 0 Å². The SMILES string of the molecule is CB(O)NC(C(C)=O)C1C(C(C)=O)C1(F)F.CCC1C(C(NB(C)O)C(=O)OC)C1(F)F.COC(=O)[C@@H](C)C1C(C(=O)O)C1(F)F.C[C@H](C(=O)O)[C@@H]1[C@@H](C(=O)O)C1(F)F. The van der Waals surface area contributed by atoms with Crippen LogP contribution in [0.4, 0.5) is 35.1 Å². The van der Waals surface area contributed by atoms with Crippen molar-refractivity contribution in [1.82, 2.24) is 10.5 Å². The predicted molar refractivity (Wildman–Crippen MR) is 186 cm³/mol. The van der Waals surface area contributed by atoms with Crippen molar-refractivity contribution in [3.8, 4) is 0 Å². The van der Waals surface area contributed by atoms with Crippen LogP contribution in [0.15, 0.2) is 0 Å². The van der Waals surface area contributed by atoms with E-state index in [1.54, 1.807) is 6.92 Å². The van der Waals surface area contributed by atoms with Gasteiger partial charge in [-0.2, -0.15) is 0 Å². The Balaban J connectivity index is 0.000000395. The number of Topliss-reactive ketones (excluding diaryl/α,β-unsaturated/α-hetero) is 2. The van der Waals surface area contributed by atoms with Crippen LogP contribution in [0.3, 0.4) is 0 Å². The average Bonchev–Trinajstić information content (AvgIpc) is 4.05. The molecule has 0 aromatic carbocycles. The summed E-state index contributed by atoms with van der Waals surface area (Å²) < 4.78 is 113. The number of ketones is 2. The zero-order valence-electron chi connectivity index (χ0n) is 33.2. The Morgan fingerprint density at radius 1 is 0.610 bits per heavy atom. The second-order valence-corrected chi connectivity index (χ2v) is 14.7. The number of carbonyl (C=O) groups is 7. The summed E-state index contributed by atoms with van der Waals surface area (Å²) in [5.74, 6) is -33.6. The van der Waals surface area contributed by atoms with E-state index in [0.717, 1.165) is 35.0 Å². The number of aliphatic carboxylic acids is 3. The molecule has 4 aliphatic rings. The largest absolute Gasteiger partial charge is 0.481 e. The second-order valence-electron chi connectivity index (χ2n) is 14.7. The number of carbonyl (C=O) groups excluding carboxylic acids is 4. The van der Waals surface area contributed by atoms with E-state index >= 15 is 0 Å². The van der Waals surface area contributed by atoms with E-state index in [-0.39, 0.29) is 0 Å². The van der Waals surface area contributed by atoms with Gasteiger partial charge in [-0.15, -0.1) is 0 Å². The van der Waals surface area contributed by atoms with E-state index in [1.165, 1.54) is 20.6 Å². The van der Waals surface area contributed by atoms with Crippen LogP contribution in [-0.2, 0) is 43.0 Å². The fourth-order valence-electron chi connectivity index (χ4n) is 7.19. The van der Waals surface area contributed by atoms with E-state index in [1.807, 2.05) is 0 Å². The second kappa shape index (κ2) is 19.7. The molecular formula is C33H48B2F8N2O14. The van der Waals surface area contributed by atoms with Crippen LogP contribution in [0.1, 0.15) is 41.0 Å². The third-order valence-corrected chi connectivity index (χ3v) is 10.5. The summed E-state index contributed by atoms with van der Waals surface area (Å²) in [5.41, 5.74) is 0. The molecule has 16 nitrogen and oxygen atoms in total. The summed E-state index contributed by atoms with van der Waals surface area (Å²) >= 11 is 0. The van der Waals surface area contributed by atoms with Crippen LogP contribution in [-0.4, -0.2) is 131 Å². The van der Waals surface area contributed by atoms with Crippen LogP contribution in [0, 0.1) is 59.2 Å². The molecule has 0 aliphatic heterocycles. The zero-order chi connectivity index (χ0) is 46.7. The van der Waals surface area contributed by atoms with Crippen LogP contribution in [0.2, 0.25) is 13.6 Å². The molecule has 12 atom stereocenters. The number of ether oxygens (including phenoxy) is 2. The van der Waals surface area contributed by atoms with Crippen molar-refractivity contribution in [3.63, 3.8) is 0 Å². The molecule has 0 aromatic heterocycles. The highest BCUT2D eigenvalue weighted by Gasteiger charge is 2.76. The molecule has 59 heavy (non-hydrogen) atoms. The van der Waals surface area contributed by atoms with E-state index in [4.69, 9.17) is 25.4 Å². The van der Waals surface area contributed by atoms with E-state index in [9.17, 15) is 68.7 Å². The Bertz CT molecular complexity index is 1590. The van der Waals surface area contributed by atoms with Gasteiger partial charge in [0.05, 0.1) is 61.7 Å². The fraction of sp³-hybridized carbons (Fsp3) is 0.788. The molecule has 0 spiro atoms. The molecule has 8 unspecified atom stereocenters. The van der Waals surface area contributed by atoms with Crippen molar-refractivity contribution in [3.05, 3.63) is 0 Å². The van der Waals surface area contributed by atoms with Gasteiger partial charge in [-0.3, -0.25) is 33.6 Å². The number of carboxylic acid groups (broad SMARTS) is 3. The summed E-state index contributed by atoms with van der Waals surface area (Å²) in [5, 5.41) is 48.1.